The van der Waals surface area contributed by atoms with Gasteiger partial charge in [-0.25, -0.2) is 0 Å². The summed E-state index contributed by atoms with van der Waals surface area (Å²) in [4.78, 5) is 12.9. The van der Waals surface area contributed by atoms with Crippen molar-refractivity contribution in [3.63, 3.8) is 0 Å². The van der Waals surface area contributed by atoms with E-state index >= 15 is 0 Å². The normalized spacial score (nSPS) is 25.6. The molecule has 1 aromatic carbocycles. The molecular weight excluding hydrogens is 368 g/mol. The van der Waals surface area contributed by atoms with Crippen LogP contribution in [-0.2, 0) is 19.4 Å². The van der Waals surface area contributed by atoms with E-state index in [0.717, 1.165) is 23.3 Å². The van der Waals surface area contributed by atoms with E-state index in [-0.39, 0.29) is 28.4 Å². The van der Waals surface area contributed by atoms with Crippen molar-refractivity contribution in [1.29, 1.82) is 0 Å². The van der Waals surface area contributed by atoms with Gasteiger partial charge in [-0.05, 0) is 50.9 Å². The molecule has 0 heterocycles. The number of ether oxygens (including phenoxy) is 2. The molecule has 1 fully saturated rings. The molecule has 1 aliphatic rings. The first-order valence-corrected chi connectivity index (χ1v) is 13.3. The Bertz CT molecular complexity index is 707. The zero-order chi connectivity index (χ0) is 21.3. The lowest BCUT2D eigenvalue weighted by Crippen LogP contribution is -2.43. The molecule has 0 radical (unpaired) electrons. The van der Waals surface area contributed by atoms with Gasteiger partial charge in [0, 0.05) is 17.1 Å². The second-order valence-electron chi connectivity index (χ2n) is 9.87. The molecule has 0 unspecified atom stereocenters. The number of carbonyl (C=O) groups is 1. The minimum atomic E-state index is -1.93. The molecule has 0 N–H and O–H groups in total. The summed E-state index contributed by atoms with van der Waals surface area (Å²) in [5.74, 6) is 0.461. The quantitative estimate of drug-likeness (QED) is 0.454. The number of methoxy groups -OCH3 is 1. The van der Waals surface area contributed by atoms with Gasteiger partial charge in [0.1, 0.15) is 5.75 Å². The van der Waals surface area contributed by atoms with E-state index in [1.165, 1.54) is 0 Å². The summed E-state index contributed by atoms with van der Waals surface area (Å²) in [6.45, 7) is 17.8. The van der Waals surface area contributed by atoms with Crippen LogP contribution in [0.15, 0.2) is 18.2 Å². The molecule has 3 atom stereocenters. The van der Waals surface area contributed by atoms with Crippen LogP contribution in [-0.4, -0.2) is 34.1 Å². The summed E-state index contributed by atoms with van der Waals surface area (Å²) in [6.07, 6.45) is 1.53. The van der Waals surface area contributed by atoms with Gasteiger partial charge >= 0.3 is 5.97 Å². The van der Waals surface area contributed by atoms with E-state index < -0.39 is 8.32 Å². The molecule has 5 heteroatoms. The van der Waals surface area contributed by atoms with Crippen LogP contribution in [0.1, 0.15) is 58.6 Å². The molecule has 0 spiro atoms. The molecule has 1 saturated carbocycles. The molecule has 158 valence electrons. The van der Waals surface area contributed by atoms with Gasteiger partial charge in [0.25, 0.3) is 0 Å². The van der Waals surface area contributed by atoms with Gasteiger partial charge in [-0.3, -0.25) is 4.79 Å². The Morgan fingerprint density at radius 2 is 1.93 bits per heavy atom. The molecule has 1 aliphatic carbocycles. The number of esters is 1. The average molecular weight is 407 g/mol. The first-order chi connectivity index (χ1) is 12.9. The molecule has 28 heavy (non-hydrogen) atoms. The van der Waals surface area contributed by atoms with Gasteiger partial charge in [-0.2, -0.15) is 0 Å². The number of hydrogen-bond acceptors (Lipinski definition) is 4. The number of hydrogen-bond donors (Lipinski definition) is 0. The highest BCUT2D eigenvalue weighted by Crippen LogP contribution is 2.51. The highest BCUT2D eigenvalue weighted by Gasteiger charge is 2.53. The van der Waals surface area contributed by atoms with Gasteiger partial charge in [0.15, 0.2) is 8.32 Å². The lowest BCUT2D eigenvalue weighted by atomic mass is 9.73. The number of rotatable bonds is 6. The van der Waals surface area contributed by atoms with Crippen LogP contribution in [0.5, 0.6) is 5.75 Å². The Morgan fingerprint density at radius 1 is 1.29 bits per heavy atom. The third-order valence-electron chi connectivity index (χ3n) is 6.73. The van der Waals surface area contributed by atoms with E-state index in [2.05, 4.69) is 53.8 Å². The van der Waals surface area contributed by atoms with Crippen molar-refractivity contribution in [2.75, 3.05) is 13.7 Å². The van der Waals surface area contributed by atoms with Crippen molar-refractivity contribution in [2.24, 2.45) is 5.92 Å². The van der Waals surface area contributed by atoms with Gasteiger partial charge < -0.3 is 13.9 Å². The van der Waals surface area contributed by atoms with E-state index in [9.17, 15) is 4.79 Å². The van der Waals surface area contributed by atoms with Crippen LogP contribution < -0.4 is 4.74 Å². The lowest BCUT2D eigenvalue weighted by Gasteiger charge is -2.39. The molecule has 0 aromatic heterocycles. The first kappa shape index (κ1) is 23.0. The van der Waals surface area contributed by atoms with Gasteiger partial charge in [-0.15, -0.1) is 0 Å². The third-order valence-corrected chi connectivity index (χ3v) is 11.3. The number of benzene rings is 1. The molecular formula is C23H38O4Si. The summed E-state index contributed by atoms with van der Waals surface area (Å²) in [6, 6.07) is 6.20. The van der Waals surface area contributed by atoms with Crippen LogP contribution in [0.3, 0.4) is 0 Å². The molecule has 1 aromatic rings. The topological polar surface area (TPSA) is 44.8 Å². The molecule has 4 nitrogen and oxygen atoms in total. The number of carbonyl (C=O) groups excluding carboxylic acids is 1. The van der Waals surface area contributed by atoms with Crippen LogP contribution in [0.2, 0.25) is 18.1 Å². The van der Waals surface area contributed by atoms with Gasteiger partial charge in [0.2, 0.25) is 0 Å². The number of aryl methyl sites for hydroxylation is 1. The average Bonchev–Trinajstić information content (AvgIpc) is 2.91. The summed E-state index contributed by atoms with van der Waals surface area (Å²) in [5, 5.41) is 0.131. The summed E-state index contributed by atoms with van der Waals surface area (Å²) in [5.41, 5.74) is 1.86. The fourth-order valence-electron chi connectivity index (χ4n) is 4.07. The first-order valence-electron chi connectivity index (χ1n) is 10.3. The zero-order valence-corrected chi connectivity index (χ0v) is 20.1. The third kappa shape index (κ3) is 4.46. The van der Waals surface area contributed by atoms with E-state index in [1.54, 1.807) is 7.11 Å². The smallest absolute Gasteiger partial charge is 0.309 e. The SMILES string of the molecule is CCOC(=O)[C@H]1C[C@@H](O[Si](C)(C)C(C)(C)C)C[C@]1(C)c1cc(C)ccc1OC. The summed E-state index contributed by atoms with van der Waals surface area (Å²) < 4.78 is 17.9. The maximum atomic E-state index is 12.9. The van der Waals surface area contributed by atoms with Gasteiger partial charge in [-0.1, -0.05) is 45.4 Å². The maximum Gasteiger partial charge on any atom is 0.309 e. The fourth-order valence-corrected chi connectivity index (χ4v) is 5.44. The van der Waals surface area contributed by atoms with E-state index in [4.69, 9.17) is 13.9 Å². The minimum absolute atomic E-state index is 0.0468. The standard InChI is InChI=1S/C23H38O4Si/c1-10-26-21(24)19-14-17(27-28(8,9)22(3,4)5)15-23(19,6)18-13-16(2)11-12-20(18)25-7/h11-13,17,19H,10,14-15H2,1-9H3/t17-,19-,23-/m1/s1. The van der Waals surface area contributed by atoms with Crippen LogP contribution in [0.25, 0.3) is 0 Å². The van der Waals surface area contributed by atoms with Crippen molar-refractivity contribution in [3.05, 3.63) is 29.3 Å². The van der Waals surface area contributed by atoms with Gasteiger partial charge in [0.05, 0.1) is 19.6 Å². The predicted molar refractivity (Wildman–Crippen MR) is 117 cm³/mol. The fraction of sp³-hybridized carbons (Fsp3) is 0.696. The largest absolute Gasteiger partial charge is 0.496 e. The van der Waals surface area contributed by atoms with Crippen molar-refractivity contribution < 1.29 is 18.7 Å². The summed E-state index contributed by atoms with van der Waals surface area (Å²) in [7, 11) is -0.243. The van der Waals surface area contributed by atoms with Crippen molar-refractivity contribution >= 4 is 14.3 Å². The molecule has 0 bridgehead atoms. The van der Waals surface area contributed by atoms with Crippen LogP contribution >= 0.6 is 0 Å². The Kier molecular flexibility index (Phi) is 6.71. The van der Waals surface area contributed by atoms with Crippen LogP contribution in [0, 0.1) is 12.8 Å². The van der Waals surface area contributed by atoms with Crippen molar-refractivity contribution in [3.8, 4) is 5.75 Å². The van der Waals surface area contributed by atoms with Crippen molar-refractivity contribution in [2.45, 2.75) is 84.0 Å². The molecule has 0 aliphatic heterocycles. The molecule has 2 rings (SSSR count). The second-order valence-corrected chi connectivity index (χ2v) is 14.6. The Labute approximate surface area is 172 Å². The molecule has 0 amide bonds. The van der Waals surface area contributed by atoms with Crippen LogP contribution in [0.4, 0.5) is 0 Å². The molecule has 0 saturated heterocycles. The minimum Gasteiger partial charge on any atom is -0.496 e. The predicted octanol–water partition coefficient (Wildman–Crippen LogP) is 5.62. The Balaban J connectivity index is 2.45. The highest BCUT2D eigenvalue weighted by molar-refractivity contribution is 6.74. The monoisotopic (exact) mass is 406 g/mol. The second kappa shape index (κ2) is 8.19. The summed E-state index contributed by atoms with van der Waals surface area (Å²) >= 11 is 0. The maximum absolute atomic E-state index is 12.9. The lowest BCUT2D eigenvalue weighted by molar-refractivity contribution is -0.149. The van der Waals surface area contributed by atoms with E-state index in [1.807, 2.05) is 19.1 Å². The highest BCUT2D eigenvalue weighted by atomic mass is 28.4. The Hall–Kier alpha value is -1.33. The Morgan fingerprint density at radius 3 is 2.46 bits per heavy atom. The van der Waals surface area contributed by atoms with E-state index in [0.29, 0.717) is 13.0 Å². The zero-order valence-electron chi connectivity index (χ0n) is 19.1. The van der Waals surface area contributed by atoms with Crippen molar-refractivity contribution in [1.82, 2.24) is 0 Å².